The number of nitrogens with one attached hydrogen (secondary N) is 5. The number of rotatable bonds is 21. The van der Waals surface area contributed by atoms with Gasteiger partial charge in [0.05, 0.1) is 39.6 Å². The van der Waals surface area contributed by atoms with Crippen molar-refractivity contribution < 1.29 is 68.0 Å². The molecular weight excluding hydrogens is 889 g/mol. The van der Waals surface area contributed by atoms with Gasteiger partial charge in [-0.1, -0.05) is 13.0 Å². The Hall–Kier alpha value is -8.59. The average molecular weight is 939 g/mol. The second-order valence-electron chi connectivity index (χ2n) is 15.2. The van der Waals surface area contributed by atoms with Gasteiger partial charge in [-0.25, -0.2) is 9.59 Å². The Morgan fingerprint density at radius 2 is 1.35 bits per heavy atom. The summed E-state index contributed by atoms with van der Waals surface area (Å²) in [6.45, 7) is 9.84. The van der Waals surface area contributed by atoms with Crippen molar-refractivity contribution in [3.8, 4) is 17.2 Å². The Kier molecular flexibility index (Phi) is 18.0. The first-order valence-electron chi connectivity index (χ1n) is 20.7. The highest BCUT2D eigenvalue weighted by Gasteiger charge is 2.36. The number of nitrogens with zero attached hydrogens (tertiary/aromatic N) is 1. The smallest absolute Gasteiger partial charge is 0.335 e. The number of anilines is 3. The third-order valence-corrected chi connectivity index (χ3v) is 9.73. The van der Waals surface area contributed by atoms with E-state index in [2.05, 4.69) is 26.6 Å². The zero-order chi connectivity index (χ0) is 50.4. The number of carbonyl (C=O) groups excluding carboxylic acids is 5. The molecule has 0 saturated heterocycles. The Balaban J connectivity index is 1.42. The van der Waals surface area contributed by atoms with Gasteiger partial charge >= 0.3 is 11.9 Å². The number of hydrogen-bond acceptors (Lipinski definition) is 13. The Morgan fingerprint density at radius 1 is 0.750 bits per heavy atom. The van der Waals surface area contributed by atoms with Gasteiger partial charge in [-0.15, -0.1) is 0 Å². The minimum Gasteiger partial charge on any atom is -0.504 e. The molecule has 4 aromatic rings. The molecule has 8 N–H and O–H groups in total. The normalized spacial score (nSPS) is 12.7. The number of amides is 5. The van der Waals surface area contributed by atoms with Crippen molar-refractivity contribution in [2.45, 2.75) is 72.3 Å². The Labute approximate surface area is 389 Å². The van der Waals surface area contributed by atoms with E-state index in [1.54, 1.807) is 20.8 Å². The van der Waals surface area contributed by atoms with Gasteiger partial charge in [0, 0.05) is 47.3 Å². The number of non-ortho nitro benzene ring substituents is 1. The number of benzene rings is 4. The van der Waals surface area contributed by atoms with Crippen LogP contribution in [0.3, 0.4) is 0 Å². The zero-order valence-electron chi connectivity index (χ0n) is 37.9. The summed E-state index contributed by atoms with van der Waals surface area (Å²) in [5.41, 5.74) is 0.228. The fourth-order valence-electron chi connectivity index (χ4n) is 5.94. The molecule has 0 radical (unpaired) electrons. The lowest BCUT2D eigenvalue weighted by Crippen LogP contribution is -2.55. The molecule has 0 aromatic heterocycles. The van der Waals surface area contributed by atoms with E-state index >= 15 is 0 Å². The molecular formula is C47H50N6O15. The molecule has 4 rings (SSSR count). The highest BCUT2D eigenvalue weighted by molar-refractivity contribution is 6.10. The maximum atomic E-state index is 13.5. The molecule has 3 atom stereocenters. The monoisotopic (exact) mass is 938 g/mol. The molecule has 0 fully saturated rings. The molecule has 4 aromatic carbocycles. The number of methoxy groups -OCH3 is 1. The predicted molar refractivity (Wildman–Crippen MR) is 247 cm³/mol. The molecule has 0 aliphatic carbocycles. The number of aromatic carboxylic acids is 1. The van der Waals surface area contributed by atoms with Crippen molar-refractivity contribution in [2.24, 2.45) is 0 Å². The number of carboxylic acid groups (broad SMARTS) is 2. The summed E-state index contributed by atoms with van der Waals surface area (Å²) in [6, 6.07) is 14.8. The SMILES string of the molecule is CCC(C)Oc1cc(C(=O)O)ccc1NC(=O)c1ccc(NC(=O)/C(C)=C/C=C(\C)NC(=O)C(OC)C(NC(=O)c2ccc(NC(=O)c3ccc([N+](=O)[O-])cc3)cc2)C(=O)O)c(OC(C)C)c1O. The first-order chi connectivity index (χ1) is 32.1. The number of phenols is 1. The molecule has 358 valence electrons. The number of nitro groups is 1. The summed E-state index contributed by atoms with van der Waals surface area (Å²) in [5.74, 6) is -7.44. The predicted octanol–water partition coefficient (Wildman–Crippen LogP) is 6.27. The van der Waals surface area contributed by atoms with E-state index in [0.717, 1.165) is 7.11 Å². The van der Waals surface area contributed by atoms with Crippen LogP contribution in [0.15, 0.2) is 102 Å². The molecule has 0 spiro atoms. The summed E-state index contributed by atoms with van der Waals surface area (Å²) in [7, 11) is 1.07. The molecule has 21 heteroatoms. The minimum absolute atomic E-state index is 0.00167. The Morgan fingerprint density at radius 3 is 1.93 bits per heavy atom. The van der Waals surface area contributed by atoms with E-state index in [1.807, 2.05) is 6.92 Å². The number of aromatic hydroxyl groups is 1. The third kappa shape index (κ3) is 14.0. The van der Waals surface area contributed by atoms with Gasteiger partial charge in [0.25, 0.3) is 35.2 Å². The maximum absolute atomic E-state index is 13.5. The zero-order valence-corrected chi connectivity index (χ0v) is 37.9. The number of allylic oxidation sites excluding steroid dienone is 3. The van der Waals surface area contributed by atoms with E-state index < -0.39 is 70.4 Å². The summed E-state index contributed by atoms with van der Waals surface area (Å²) < 4.78 is 16.8. The molecule has 0 bridgehead atoms. The van der Waals surface area contributed by atoms with Crippen LogP contribution >= 0.6 is 0 Å². The summed E-state index contributed by atoms with van der Waals surface area (Å²) in [6.07, 6.45) is 0.667. The van der Waals surface area contributed by atoms with Gasteiger partial charge in [0.15, 0.2) is 23.6 Å². The van der Waals surface area contributed by atoms with Crippen LogP contribution < -0.4 is 36.1 Å². The van der Waals surface area contributed by atoms with Gasteiger partial charge in [-0.3, -0.25) is 34.1 Å². The first-order valence-corrected chi connectivity index (χ1v) is 20.7. The van der Waals surface area contributed by atoms with Crippen LogP contribution in [0.1, 0.15) is 89.4 Å². The second-order valence-corrected chi connectivity index (χ2v) is 15.2. The van der Waals surface area contributed by atoms with E-state index in [1.165, 1.54) is 105 Å². The quantitative estimate of drug-likeness (QED) is 0.0198. The van der Waals surface area contributed by atoms with E-state index in [-0.39, 0.29) is 73.9 Å². The van der Waals surface area contributed by atoms with Gasteiger partial charge in [0.2, 0.25) is 0 Å². The van der Waals surface area contributed by atoms with Crippen LogP contribution in [-0.2, 0) is 19.1 Å². The average Bonchev–Trinajstić information content (AvgIpc) is 3.29. The number of hydrogen-bond donors (Lipinski definition) is 8. The molecule has 3 unspecified atom stereocenters. The van der Waals surface area contributed by atoms with Crippen molar-refractivity contribution in [1.82, 2.24) is 10.6 Å². The second kappa shape index (κ2) is 23.6. The largest absolute Gasteiger partial charge is 0.504 e. The van der Waals surface area contributed by atoms with Crippen molar-refractivity contribution in [3.63, 3.8) is 0 Å². The van der Waals surface area contributed by atoms with Crippen LogP contribution in [0, 0.1) is 10.1 Å². The molecule has 0 aliphatic heterocycles. The minimum atomic E-state index is -1.88. The fourth-order valence-corrected chi connectivity index (χ4v) is 5.94. The lowest BCUT2D eigenvalue weighted by molar-refractivity contribution is -0.384. The summed E-state index contributed by atoms with van der Waals surface area (Å²) in [5, 5.41) is 54.2. The van der Waals surface area contributed by atoms with Gasteiger partial charge in [-0.2, -0.15) is 0 Å². The molecule has 0 aliphatic rings. The van der Waals surface area contributed by atoms with Crippen LogP contribution in [-0.4, -0.2) is 93.2 Å². The molecule has 0 saturated carbocycles. The number of nitro benzene ring substituents is 1. The highest BCUT2D eigenvalue weighted by Crippen LogP contribution is 2.39. The van der Waals surface area contributed by atoms with Crippen molar-refractivity contribution in [2.75, 3.05) is 23.1 Å². The van der Waals surface area contributed by atoms with Crippen LogP contribution in [0.25, 0.3) is 0 Å². The summed E-state index contributed by atoms with van der Waals surface area (Å²) in [4.78, 5) is 100.0. The topological polar surface area (TPSA) is 311 Å². The van der Waals surface area contributed by atoms with Gasteiger partial charge in [0.1, 0.15) is 5.75 Å². The highest BCUT2D eigenvalue weighted by atomic mass is 16.6. The number of ether oxygens (including phenoxy) is 3. The molecule has 5 amide bonds. The molecule has 0 heterocycles. The first kappa shape index (κ1) is 52.0. The maximum Gasteiger partial charge on any atom is 0.335 e. The van der Waals surface area contributed by atoms with Crippen molar-refractivity contribution in [1.29, 1.82) is 0 Å². The fraction of sp³-hybridized carbons (Fsp3) is 0.255. The summed E-state index contributed by atoms with van der Waals surface area (Å²) >= 11 is 0. The molecule has 68 heavy (non-hydrogen) atoms. The van der Waals surface area contributed by atoms with E-state index in [9.17, 15) is 59.0 Å². The van der Waals surface area contributed by atoms with Crippen LogP contribution in [0.4, 0.5) is 22.7 Å². The third-order valence-electron chi connectivity index (χ3n) is 9.73. The van der Waals surface area contributed by atoms with Gasteiger partial charge < -0.3 is 56.1 Å². The number of aliphatic carboxylic acids is 1. The lowest BCUT2D eigenvalue weighted by Gasteiger charge is -2.23. The lowest BCUT2D eigenvalue weighted by atomic mass is 10.1. The van der Waals surface area contributed by atoms with Gasteiger partial charge in [-0.05, 0) is 114 Å². The van der Waals surface area contributed by atoms with Crippen molar-refractivity contribution >= 4 is 64.2 Å². The molecule has 21 nitrogen and oxygen atoms in total. The number of carboxylic acids is 2. The number of carbonyl (C=O) groups is 7. The van der Waals surface area contributed by atoms with E-state index in [4.69, 9.17) is 14.2 Å². The van der Waals surface area contributed by atoms with E-state index in [0.29, 0.717) is 6.42 Å². The standard InChI is InChI=1S/C47H50N6O15/c1-8-27(6)68-36-23-30(46(60)61)15-21-34(36)50-44(58)33-20-22-35(39(38(33)54)67-24(2)3)51-41(55)25(4)9-10-26(5)48-45(59)40(66-7)37(47(62)63)52-43(57)28-11-16-31(17-12-28)49-42(56)29-13-18-32(19-14-29)53(64)65/h9-24,27,37,40,54H,8H2,1-7H3,(H,48,59)(H,49,56)(H,50,58)(H,51,55)(H,52,57)(H,60,61)(H,62,63)/b25-9+,26-10+. The van der Waals surface area contributed by atoms with Crippen LogP contribution in [0.5, 0.6) is 17.2 Å². The number of phenolic OH excluding ortho intramolecular Hbond substituents is 1. The van der Waals surface area contributed by atoms with Crippen molar-refractivity contribution in [3.05, 3.63) is 135 Å². The van der Waals surface area contributed by atoms with Crippen LogP contribution in [0.2, 0.25) is 0 Å². The Bertz CT molecular complexity index is 2640.